The molecule has 1 saturated heterocycles. The third-order valence-corrected chi connectivity index (χ3v) is 4.04. The molecule has 2 aromatic rings. The number of carboxylic acids is 1. The molecule has 7 heteroatoms. The van der Waals surface area contributed by atoms with Gasteiger partial charge in [-0.15, -0.1) is 0 Å². The predicted molar refractivity (Wildman–Crippen MR) is 79.2 cm³/mol. The van der Waals surface area contributed by atoms with E-state index in [4.69, 9.17) is 4.52 Å². The normalized spacial score (nSPS) is 20.9. The molecule has 23 heavy (non-hydrogen) atoms. The van der Waals surface area contributed by atoms with Crippen LogP contribution in [-0.4, -0.2) is 38.6 Å². The quantitative estimate of drug-likeness (QED) is 0.893. The maximum atomic E-state index is 12.6. The molecule has 1 aliphatic rings. The van der Waals surface area contributed by atoms with Crippen LogP contribution in [0.15, 0.2) is 34.9 Å². The lowest BCUT2D eigenvalue weighted by molar-refractivity contribution is -0.144. The molecule has 120 valence electrons. The zero-order valence-corrected chi connectivity index (χ0v) is 12.7. The lowest BCUT2D eigenvalue weighted by Crippen LogP contribution is -2.28. The Balaban J connectivity index is 1.77. The molecule has 2 unspecified atom stereocenters. The molecular formula is C16H17N3O4. The molecule has 1 aromatic carbocycles. The number of hydrogen-bond acceptors (Lipinski definition) is 5. The first-order valence-corrected chi connectivity index (χ1v) is 7.39. The summed E-state index contributed by atoms with van der Waals surface area (Å²) in [6, 6.07) is 9.44. The molecule has 2 heterocycles. The van der Waals surface area contributed by atoms with E-state index in [1.165, 1.54) is 4.90 Å². The van der Waals surface area contributed by atoms with Crippen molar-refractivity contribution in [1.29, 1.82) is 0 Å². The van der Waals surface area contributed by atoms with Gasteiger partial charge in [-0.25, -0.2) is 0 Å². The summed E-state index contributed by atoms with van der Waals surface area (Å²) in [6.07, 6.45) is 0.413. The fourth-order valence-electron chi connectivity index (χ4n) is 2.92. The number of hydrogen-bond donors (Lipinski definition) is 1. The lowest BCUT2D eigenvalue weighted by Gasteiger charge is -2.14. The van der Waals surface area contributed by atoms with Gasteiger partial charge in [0, 0.05) is 6.54 Å². The molecule has 2 atom stereocenters. The van der Waals surface area contributed by atoms with Gasteiger partial charge in [-0.3, -0.25) is 9.59 Å². The van der Waals surface area contributed by atoms with Gasteiger partial charge >= 0.3 is 5.97 Å². The monoisotopic (exact) mass is 315 g/mol. The van der Waals surface area contributed by atoms with E-state index in [1.807, 2.05) is 30.3 Å². The number of rotatable bonds is 5. The minimum absolute atomic E-state index is 0.148. The molecule has 1 fully saturated rings. The van der Waals surface area contributed by atoms with E-state index in [9.17, 15) is 14.7 Å². The molecule has 0 bridgehead atoms. The van der Waals surface area contributed by atoms with Crippen LogP contribution < -0.4 is 0 Å². The summed E-state index contributed by atoms with van der Waals surface area (Å²) in [7, 11) is 0. The van der Waals surface area contributed by atoms with Crippen LogP contribution in [0.5, 0.6) is 0 Å². The lowest BCUT2D eigenvalue weighted by atomic mass is 9.89. The minimum Gasteiger partial charge on any atom is -0.481 e. The minimum atomic E-state index is -0.955. The smallest absolute Gasteiger partial charge is 0.309 e. The fraction of sp³-hybridized carbons (Fsp3) is 0.375. The number of carbonyl (C=O) groups excluding carboxylic acids is 1. The number of nitrogens with zero attached hydrogens (tertiary/aromatic N) is 3. The Morgan fingerprint density at radius 2 is 2.13 bits per heavy atom. The van der Waals surface area contributed by atoms with Gasteiger partial charge in [-0.1, -0.05) is 35.5 Å². The zero-order chi connectivity index (χ0) is 16.4. The predicted octanol–water partition coefficient (Wildman–Crippen LogP) is 1.28. The highest BCUT2D eigenvalue weighted by molar-refractivity contribution is 5.88. The summed E-state index contributed by atoms with van der Waals surface area (Å²) in [5.74, 6) is -1.63. The molecule has 3 rings (SSSR count). The molecule has 0 saturated carbocycles. The zero-order valence-electron chi connectivity index (χ0n) is 12.7. The van der Waals surface area contributed by atoms with Crippen LogP contribution >= 0.6 is 0 Å². The molecular weight excluding hydrogens is 298 g/mol. The Morgan fingerprint density at radius 1 is 1.39 bits per heavy atom. The van der Waals surface area contributed by atoms with Gasteiger partial charge in [0.1, 0.15) is 6.54 Å². The Labute approximate surface area is 132 Å². The number of likely N-dealkylation sites (tertiary alicyclic amines) is 1. The summed E-state index contributed by atoms with van der Waals surface area (Å²) >= 11 is 0. The summed E-state index contributed by atoms with van der Waals surface area (Å²) in [6.45, 7) is 2.00. The first-order chi connectivity index (χ1) is 11.0. The average molecular weight is 315 g/mol. The van der Waals surface area contributed by atoms with Crippen LogP contribution in [0.25, 0.3) is 0 Å². The second-order valence-corrected chi connectivity index (χ2v) is 5.70. The Morgan fingerprint density at radius 3 is 2.74 bits per heavy atom. The van der Waals surface area contributed by atoms with E-state index in [2.05, 4.69) is 10.1 Å². The van der Waals surface area contributed by atoms with Crippen LogP contribution in [0, 0.1) is 18.8 Å². The van der Waals surface area contributed by atoms with E-state index in [0.29, 0.717) is 18.1 Å². The van der Waals surface area contributed by atoms with Crippen molar-refractivity contribution in [3.05, 3.63) is 47.6 Å². The van der Waals surface area contributed by atoms with Gasteiger partial charge in [0.05, 0.1) is 11.8 Å². The van der Waals surface area contributed by atoms with Crippen molar-refractivity contribution in [3.63, 3.8) is 0 Å². The van der Waals surface area contributed by atoms with E-state index >= 15 is 0 Å². The third-order valence-electron chi connectivity index (χ3n) is 4.04. The van der Waals surface area contributed by atoms with E-state index in [0.717, 1.165) is 5.56 Å². The Hall–Kier alpha value is -2.70. The van der Waals surface area contributed by atoms with Crippen molar-refractivity contribution in [2.75, 3.05) is 6.54 Å². The average Bonchev–Trinajstić information content (AvgIpc) is 3.07. The second-order valence-electron chi connectivity index (χ2n) is 5.70. The van der Waals surface area contributed by atoms with Crippen LogP contribution in [0.2, 0.25) is 0 Å². The first kappa shape index (κ1) is 15.2. The van der Waals surface area contributed by atoms with Crippen molar-refractivity contribution in [2.24, 2.45) is 11.8 Å². The van der Waals surface area contributed by atoms with Crippen LogP contribution in [0.3, 0.4) is 0 Å². The highest BCUT2D eigenvalue weighted by Crippen LogP contribution is 2.29. The molecule has 1 amide bonds. The molecule has 1 N–H and O–H groups in total. The molecule has 0 spiro atoms. The molecule has 0 aliphatic carbocycles. The summed E-state index contributed by atoms with van der Waals surface area (Å²) in [4.78, 5) is 29.7. The standard InChI is InChI=1S/C16H17N3O4/c1-10-17-14(23-18-10)9-19-8-13(16(21)22)12(15(19)20)7-11-5-3-2-4-6-11/h2-6,12-13H,7-9H2,1H3,(H,21,22). The highest BCUT2D eigenvalue weighted by atomic mass is 16.5. The summed E-state index contributed by atoms with van der Waals surface area (Å²) < 4.78 is 5.02. The van der Waals surface area contributed by atoms with E-state index < -0.39 is 17.8 Å². The van der Waals surface area contributed by atoms with Gasteiger partial charge in [0.2, 0.25) is 11.8 Å². The van der Waals surface area contributed by atoms with Gasteiger partial charge in [0.15, 0.2) is 5.82 Å². The molecule has 1 aromatic heterocycles. The SMILES string of the molecule is Cc1noc(CN2CC(C(=O)O)C(Cc3ccccc3)C2=O)n1. The number of carbonyl (C=O) groups is 2. The fourth-order valence-corrected chi connectivity index (χ4v) is 2.92. The summed E-state index contributed by atoms with van der Waals surface area (Å²) in [5, 5.41) is 13.1. The van der Waals surface area contributed by atoms with E-state index in [-0.39, 0.29) is 19.0 Å². The van der Waals surface area contributed by atoms with Gasteiger partial charge in [0.25, 0.3) is 0 Å². The number of aryl methyl sites for hydroxylation is 1. The molecule has 7 nitrogen and oxygen atoms in total. The maximum Gasteiger partial charge on any atom is 0.309 e. The van der Waals surface area contributed by atoms with Gasteiger partial charge in [-0.05, 0) is 18.9 Å². The molecule has 1 aliphatic heterocycles. The number of amides is 1. The van der Waals surface area contributed by atoms with Crippen molar-refractivity contribution in [1.82, 2.24) is 15.0 Å². The summed E-state index contributed by atoms with van der Waals surface area (Å²) in [5.41, 5.74) is 0.951. The molecule has 0 radical (unpaired) electrons. The number of carboxylic acid groups (broad SMARTS) is 1. The number of benzene rings is 1. The third kappa shape index (κ3) is 3.23. The highest BCUT2D eigenvalue weighted by Gasteiger charge is 2.44. The van der Waals surface area contributed by atoms with Crippen molar-refractivity contribution < 1.29 is 19.2 Å². The van der Waals surface area contributed by atoms with Crippen LogP contribution in [0.1, 0.15) is 17.3 Å². The number of aromatic nitrogens is 2. The number of aliphatic carboxylic acids is 1. The first-order valence-electron chi connectivity index (χ1n) is 7.39. The Bertz CT molecular complexity index is 713. The largest absolute Gasteiger partial charge is 0.481 e. The second kappa shape index (κ2) is 6.20. The topological polar surface area (TPSA) is 96.5 Å². The van der Waals surface area contributed by atoms with Crippen molar-refractivity contribution >= 4 is 11.9 Å². The van der Waals surface area contributed by atoms with Crippen LogP contribution in [-0.2, 0) is 22.6 Å². The van der Waals surface area contributed by atoms with Gasteiger partial charge < -0.3 is 14.5 Å². The van der Waals surface area contributed by atoms with Crippen molar-refractivity contribution in [2.45, 2.75) is 19.9 Å². The Kier molecular flexibility index (Phi) is 4.10. The van der Waals surface area contributed by atoms with E-state index in [1.54, 1.807) is 6.92 Å². The van der Waals surface area contributed by atoms with Crippen LogP contribution in [0.4, 0.5) is 0 Å². The van der Waals surface area contributed by atoms with Gasteiger partial charge in [-0.2, -0.15) is 4.98 Å². The van der Waals surface area contributed by atoms with Crippen molar-refractivity contribution in [3.8, 4) is 0 Å². The maximum absolute atomic E-state index is 12.6.